The first-order valence-electron chi connectivity index (χ1n) is 5.21. The van der Waals surface area contributed by atoms with Gasteiger partial charge in [0.25, 0.3) is 0 Å². The van der Waals surface area contributed by atoms with Crippen molar-refractivity contribution in [1.82, 2.24) is 9.97 Å². The van der Waals surface area contributed by atoms with Gasteiger partial charge in [0.15, 0.2) is 0 Å². The molecule has 3 aromatic rings. The largest absolute Gasteiger partial charge is 0.244 e. The number of rotatable bonds is 0. The minimum atomic E-state index is 0.794. The van der Waals surface area contributed by atoms with Gasteiger partial charge in [0, 0.05) is 16.6 Å². The highest BCUT2D eigenvalue weighted by Crippen LogP contribution is 2.06. The fraction of sp³-hybridized carbons (Fsp3) is 0. The van der Waals surface area contributed by atoms with E-state index >= 15 is 0 Å². The van der Waals surface area contributed by atoms with Crippen molar-refractivity contribution in [2.75, 3.05) is 0 Å². The topological polar surface area (TPSA) is 25.8 Å². The predicted molar refractivity (Wildman–Crippen MR) is 71.0 cm³/mol. The minimum absolute atomic E-state index is 0.794. The first-order chi connectivity index (χ1) is 8.36. The van der Waals surface area contributed by atoms with Crippen LogP contribution in [-0.2, 0) is 0 Å². The van der Waals surface area contributed by atoms with E-state index in [1.54, 1.807) is 6.33 Å². The van der Waals surface area contributed by atoms with Crippen LogP contribution in [0.15, 0.2) is 67.1 Å². The second-order valence-electron chi connectivity index (χ2n) is 3.38. The highest BCUT2D eigenvalue weighted by molar-refractivity contribution is 6.30. The van der Waals surface area contributed by atoms with E-state index < -0.39 is 0 Å². The number of nitrogens with zero attached hydrogens (tertiary/aromatic N) is 2. The molecule has 1 aromatic heterocycles. The van der Waals surface area contributed by atoms with Crippen LogP contribution in [0.2, 0.25) is 5.02 Å². The lowest BCUT2D eigenvalue weighted by Crippen LogP contribution is -1.77. The van der Waals surface area contributed by atoms with Crippen molar-refractivity contribution >= 4 is 22.5 Å². The van der Waals surface area contributed by atoms with Gasteiger partial charge in [0.2, 0.25) is 0 Å². The van der Waals surface area contributed by atoms with E-state index in [1.165, 1.54) is 0 Å². The molecule has 17 heavy (non-hydrogen) atoms. The molecule has 84 valence electrons. The van der Waals surface area contributed by atoms with Crippen LogP contribution in [0.1, 0.15) is 0 Å². The highest BCUT2D eigenvalue weighted by atomic mass is 35.5. The zero-order valence-electron chi connectivity index (χ0n) is 9.12. The van der Waals surface area contributed by atoms with E-state index in [4.69, 9.17) is 11.6 Å². The summed E-state index contributed by atoms with van der Waals surface area (Å²) in [5, 5.41) is 1.88. The van der Waals surface area contributed by atoms with Crippen LogP contribution >= 0.6 is 11.6 Å². The number of benzene rings is 2. The van der Waals surface area contributed by atoms with Crippen molar-refractivity contribution in [3.8, 4) is 0 Å². The molecule has 0 unspecified atom stereocenters. The van der Waals surface area contributed by atoms with Crippen LogP contribution in [0.3, 0.4) is 0 Å². The Kier molecular flexibility index (Phi) is 4.05. The van der Waals surface area contributed by atoms with Crippen molar-refractivity contribution in [2.24, 2.45) is 0 Å². The molecule has 0 bridgehead atoms. The summed E-state index contributed by atoms with van der Waals surface area (Å²) in [6, 6.07) is 17.4. The summed E-state index contributed by atoms with van der Waals surface area (Å²) in [7, 11) is 0. The molecule has 2 aromatic carbocycles. The Labute approximate surface area is 105 Å². The average Bonchev–Trinajstić information content (AvgIpc) is 2.41. The van der Waals surface area contributed by atoms with Crippen molar-refractivity contribution < 1.29 is 0 Å². The highest BCUT2D eigenvalue weighted by Gasteiger charge is 1.87. The first-order valence-corrected chi connectivity index (χ1v) is 5.59. The van der Waals surface area contributed by atoms with Crippen LogP contribution in [-0.4, -0.2) is 9.97 Å². The van der Waals surface area contributed by atoms with Gasteiger partial charge in [-0.25, -0.2) is 9.97 Å². The van der Waals surface area contributed by atoms with Crippen LogP contribution in [0.5, 0.6) is 0 Å². The third kappa shape index (κ3) is 3.54. The predicted octanol–water partition coefficient (Wildman–Crippen LogP) is 3.97. The summed E-state index contributed by atoms with van der Waals surface area (Å²) >= 11 is 5.54. The molecule has 3 rings (SSSR count). The number of hydrogen-bond donors (Lipinski definition) is 0. The summed E-state index contributed by atoms with van der Waals surface area (Å²) in [5.74, 6) is 0. The smallest absolute Gasteiger partial charge is 0.116 e. The number of fused-ring (bicyclic) bond motifs is 1. The standard InChI is InChI=1S/C8H6N2.C6H5Cl/c1-2-4-8-7(3-1)5-9-6-10-8;7-6-4-2-1-3-5-6/h1-6H;1-5H. The SMILES string of the molecule is Clc1ccccc1.c1ccc2ncncc2c1. The zero-order valence-corrected chi connectivity index (χ0v) is 9.88. The van der Waals surface area contributed by atoms with Crippen LogP contribution in [0, 0.1) is 0 Å². The van der Waals surface area contributed by atoms with Crippen molar-refractivity contribution in [2.45, 2.75) is 0 Å². The van der Waals surface area contributed by atoms with E-state index in [2.05, 4.69) is 9.97 Å². The minimum Gasteiger partial charge on any atom is -0.244 e. The van der Waals surface area contributed by atoms with E-state index in [1.807, 2.05) is 60.8 Å². The molecule has 0 N–H and O–H groups in total. The molecule has 0 radical (unpaired) electrons. The molecule has 3 heteroatoms. The van der Waals surface area contributed by atoms with E-state index in [0.29, 0.717) is 0 Å². The van der Waals surface area contributed by atoms with Crippen LogP contribution < -0.4 is 0 Å². The number of aromatic nitrogens is 2. The van der Waals surface area contributed by atoms with Crippen molar-refractivity contribution in [3.63, 3.8) is 0 Å². The summed E-state index contributed by atoms with van der Waals surface area (Å²) in [4.78, 5) is 7.97. The number of hydrogen-bond acceptors (Lipinski definition) is 2. The number of para-hydroxylation sites is 1. The van der Waals surface area contributed by atoms with Crippen LogP contribution in [0.25, 0.3) is 10.9 Å². The zero-order chi connectivity index (χ0) is 11.9. The Bertz CT molecular complexity index is 516. The maximum Gasteiger partial charge on any atom is 0.116 e. The Hall–Kier alpha value is -1.93. The molecule has 0 atom stereocenters. The Balaban J connectivity index is 0.000000136. The maximum atomic E-state index is 5.54. The van der Waals surface area contributed by atoms with Gasteiger partial charge in [0.1, 0.15) is 6.33 Å². The van der Waals surface area contributed by atoms with Crippen LogP contribution in [0.4, 0.5) is 0 Å². The third-order valence-corrected chi connectivity index (χ3v) is 2.40. The fourth-order valence-corrected chi connectivity index (χ4v) is 1.48. The molecule has 2 nitrogen and oxygen atoms in total. The van der Waals surface area contributed by atoms with Gasteiger partial charge in [-0.2, -0.15) is 0 Å². The summed E-state index contributed by atoms with van der Waals surface area (Å²) in [6.45, 7) is 0. The van der Waals surface area contributed by atoms with Crippen molar-refractivity contribution in [1.29, 1.82) is 0 Å². The van der Waals surface area contributed by atoms with Crippen molar-refractivity contribution in [3.05, 3.63) is 72.1 Å². The third-order valence-electron chi connectivity index (χ3n) is 2.15. The lowest BCUT2D eigenvalue weighted by molar-refractivity contribution is 1.22. The summed E-state index contributed by atoms with van der Waals surface area (Å²) < 4.78 is 0. The summed E-state index contributed by atoms with van der Waals surface area (Å²) in [5.41, 5.74) is 0.998. The average molecular weight is 243 g/mol. The Morgan fingerprint density at radius 1 is 0.824 bits per heavy atom. The molecule has 0 saturated heterocycles. The molecule has 0 aliphatic carbocycles. The van der Waals surface area contributed by atoms with E-state index in [9.17, 15) is 0 Å². The molecule has 0 spiro atoms. The monoisotopic (exact) mass is 242 g/mol. The van der Waals surface area contributed by atoms with Gasteiger partial charge in [0.05, 0.1) is 5.52 Å². The molecular formula is C14H11ClN2. The number of halogens is 1. The quantitative estimate of drug-likeness (QED) is 0.596. The fourth-order valence-electron chi connectivity index (χ4n) is 1.34. The lowest BCUT2D eigenvalue weighted by Gasteiger charge is -1.90. The second kappa shape index (κ2) is 5.97. The molecule has 0 aliphatic heterocycles. The Morgan fingerprint density at radius 2 is 1.53 bits per heavy atom. The first kappa shape index (κ1) is 11.6. The maximum absolute atomic E-state index is 5.54. The Morgan fingerprint density at radius 3 is 2.18 bits per heavy atom. The van der Waals surface area contributed by atoms with E-state index in [0.717, 1.165) is 15.9 Å². The van der Waals surface area contributed by atoms with Gasteiger partial charge in [-0.1, -0.05) is 48.0 Å². The second-order valence-corrected chi connectivity index (χ2v) is 3.81. The molecule has 0 saturated carbocycles. The molecular weight excluding hydrogens is 232 g/mol. The normalized spacial score (nSPS) is 9.47. The molecule has 0 amide bonds. The van der Waals surface area contributed by atoms with Gasteiger partial charge in [-0.05, 0) is 18.2 Å². The molecule has 0 fully saturated rings. The van der Waals surface area contributed by atoms with Gasteiger partial charge in [-0.3, -0.25) is 0 Å². The summed E-state index contributed by atoms with van der Waals surface area (Å²) in [6.07, 6.45) is 3.37. The lowest BCUT2D eigenvalue weighted by atomic mass is 10.2. The van der Waals surface area contributed by atoms with Gasteiger partial charge < -0.3 is 0 Å². The molecule has 1 heterocycles. The molecule has 0 aliphatic rings. The van der Waals surface area contributed by atoms with Gasteiger partial charge >= 0.3 is 0 Å². The van der Waals surface area contributed by atoms with E-state index in [-0.39, 0.29) is 0 Å². The van der Waals surface area contributed by atoms with Gasteiger partial charge in [-0.15, -0.1) is 0 Å².